The van der Waals surface area contributed by atoms with E-state index in [4.69, 9.17) is 4.74 Å². The highest BCUT2D eigenvalue weighted by molar-refractivity contribution is 8.76. The second kappa shape index (κ2) is 6.45. The number of ether oxygens (including phenoxy) is 1. The van der Waals surface area contributed by atoms with E-state index in [1.807, 2.05) is 40.3 Å². The topological polar surface area (TPSA) is 29.5 Å². The van der Waals surface area contributed by atoms with Crippen molar-refractivity contribution in [1.29, 1.82) is 0 Å². The molecule has 1 heterocycles. The van der Waals surface area contributed by atoms with Gasteiger partial charge in [-0.25, -0.2) is 4.79 Å². The fourth-order valence-electron chi connectivity index (χ4n) is 1.44. The Labute approximate surface area is 93.3 Å². The summed E-state index contributed by atoms with van der Waals surface area (Å²) in [4.78, 5) is 13.4. The molecule has 82 valence electrons. The quantitative estimate of drug-likeness (QED) is 0.703. The van der Waals surface area contributed by atoms with Gasteiger partial charge in [-0.2, -0.15) is 0 Å². The fraction of sp³-hybridized carbons (Fsp3) is 0.889. The Kier molecular flexibility index (Phi) is 5.55. The van der Waals surface area contributed by atoms with Crippen LogP contribution in [0, 0.1) is 0 Å². The minimum Gasteiger partial charge on any atom is -0.450 e. The predicted octanol–water partition coefficient (Wildman–Crippen LogP) is 2.62. The van der Waals surface area contributed by atoms with Gasteiger partial charge in [0, 0.05) is 24.1 Å². The molecule has 1 unspecified atom stereocenters. The molecule has 0 radical (unpaired) electrons. The molecule has 1 rings (SSSR count). The Morgan fingerprint density at radius 2 is 2.29 bits per heavy atom. The van der Waals surface area contributed by atoms with Gasteiger partial charge in [0.05, 0.1) is 6.61 Å². The van der Waals surface area contributed by atoms with E-state index in [1.165, 1.54) is 0 Å². The minimum atomic E-state index is -0.160. The van der Waals surface area contributed by atoms with Crippen LogP contribution in [0.15, 0.2) is 0 Å². The van der Waals surface area contributed by atoms with E-state index in [1.54, 1.807) is 0 Å². The van der Waals surface area contributed by atoms with Gasteiger partial charge >= 0.3 is 6.09 Å². The van der Waals surface area contributed by atoms with Crippen molar-refractivity contribution in [3.05, 3.63) is 0 Å². The summed E-state index contributed by atoms with van der Waals surface area (Å²) >= 11 is 0. The fourth-order valence-corrected chi connectivity index (χ4v) is 3.93. The van der Waals surface area contributed by atoms with Gasteiger partial charge in [0.1, 0.15) is 0 Å². The Morgan fingerprint density at radius 1 is 1.50 bits per heavy atom. The predicted molar refractivity (Wildman–Crippen MR) is 62.7 cm³/mol. The summed E-state index contributed by atoms with van der Waals surface area (Å²) in [6, 6.07) is 0.366. The lowest BCUT2D eigenvalue weighted by Gasteiger charge is -2.31. The van der Waals surface area contributed by atoms with Crippen molar-refractivity contribution in [2.45, 2.75) is 26.3 Å². The first-order valence-corrected chi connectivity index (χ1v) is 7.46. The molecule has 1 aliphatic rings. The van der Waals surface area contributed by atoms with Gasteiger partial charge in [-0.05, 0) is 20.3 Å². The molecule has 1 amide bonds. The summed E-state index contributed by atoms with van der Waals surface area (Å²) in [5.74, 6) is 2.16. The van der Waals surface area contributed by atoms with Crippen LogP contribution in [0.3, 0.4) is 0 Å². The largest absolute Gasteiger partial charge is 0.450 e. The van der Waals surface area contributed by atoms with Gasteiger partial charge in [0.2, 0.25) is 0 Å². The molecular formula is C9H17NO2S2. The maximum atomic E-state index is 11.6. The molecule has 3 nitrogen and oxygen atoms in total. The summed E-state index contributed by atoms with van der Waals surface area (Å²) in [7, 11) is 3.74. The van der Waals surface area contributed by atoms with E-state index >= 15 is 0 Å². The molecule has 0 aromatic heterocycles. The molecule has 0 aromatic carbocycles. The van der Waals surface area contributed by atoms with Gasteiger partial charge in [0.25, 0.3) is 0 Å². The molecule has 0 saturated carbocycles. The highest BCUT2D eigenvalue weighted by Crippen LogP contribution is 2.31. The normalized spacial score (nSPS) is 21.7. The minimum absolute atomic E-state index is 0.160. The molecule has 5 heteroatoms. The zero-order valence-corrected chi connectivity index (χ0v) is 10.3. The van der Waals surface area contributed by atoms with E-state index in [0.29, 0.717) is 12.6 Å². The molecule has 1 aliphatic heterocycles. The second-order valence-electron chi connectivity index (χ2n) is 3.03. The lowest BCUT2D eigenvalue weighted by atomic mass is 10.2. The van der Waals surface area contributed by atoms with E-state index in [9.17, 15) is 4.79 Å². The van der Waals surface area contributed by atoms with Gasteiger partial charge in [-0.3, -0.25) is 0 Å². The van der Waals surface area contributed by atoms with Crippen LogP contribution in [-0.2, 0) is 4.74 Å². The molecule has 1 fully saturated rings. The summed E-state index contributed by atoms with van der Waals surface area (Å²) in [5.41, 5.74) is 0. The number of hydrogen-bond donors (Lipinski definition) is 0. The zero-order chi connectivity index (χ0) is 10.4. The zero-order valence-electron chi connectivity index (χ0n) is 8.69. The molecule has 0 N–H and O–H groups in total. The van der Waals surface area contributed by atoms with Crippen LogP contribution in [-0.4, -0.2) is 41.7 Å². The molecule has 0 aromatic rings. The first-order chi connectivity index (χ1) is 6.79. The average Bonchev–Trinajstić information content (AvgIpc) is 2.21. The van der Waals surface area contributed by atoms with Crippen LogP contribution in [0.1, 0.15) is 20.3 Å². The summed E-state index contributed by atoms with van der Waals surface area (Å²) in [6.07, 6.45) is 0.928. The molecule has 0 bridgehead atoms. The Hall–Kier alpha value is -0.0300. The van der Waals surface area contributed by atoms with Crippen molar-refractivity contribution in [1.82, 2.24) is 4.90 Å². The van der Waals surface area contributed by atoms with Gasteiger partial charge < -0.3 is 9.64 Å². The molecule has 0 aliphatic carbocycles. The summed E-state index contributed by atoms with van der Waals surface area (Å²) in [5, 5.41) is 0. The molecular weight excluding hydrogens is 218 g/mol. The lowest BCUT2D eigenvalue weighted by Crippen LogP contribution is -2.43. The first-order valence-electron chi connectivity index (χ1n) is 4.97. The monoisotopic (exact) mass is 235 g/mol. The third kappa shape index (κ3) is 3.28. The Morgan fingerprint density at radius 3 is 2.79 bits per heavy atom. The highest BCUT2D eigenvalue weighted by Gasteiger charge is 2.25. The number of hydrogen-bond acceptors (Lipinski definition) is 4. The SMILES string of the molecule is CCOC(=O)N(CC)C1CCSSC1. The number of nitrogens with zero attached hydrogens (tertiary/aromatic N) is 1. The summed E-state index contributed by atoms with van der Waals surface area (Å²) < 4.78 is 5.02. The third-order valence-corrected chi connectivity index (χ3v) is 4.66. The third-order valence-electron chi connectivity index (χ3n) is 2.16. The smallest absolute Gasteiger partial charge is 0.410 e. The van der Waals surface area contributed by atoms with Crippen molar-refractivity contribution in [3.8, 4) is 0 Å². The number of amides is 1. The molecule has 1 saturated heterocycles. The van der Waals surface area contributed by atoms with E-state index in [2.05, 4.69) is 0 Å². The van der Waals surface area contributed by atoms with E-state index < -0.39 is 0 Å². The van der Waals surface area contributed by atoms with Crippen LogP contribution in [0.2, 0.25) is 0 Å². The second-order valence-corrected chi connectivity index (χ2v) is 5.66. The van der Waals surface area contributed by atoms with Gasteiger partial charge in [-0.15, -0.1) is 0 Å². The maximum Gasteiger partial charge on any atom is 0.410 e. The molecule has 0 spiro atoms. The highest BCUT2D eigenvalue weighted by atomic mass is 33.1. The maximum absolute atomic E-state index is 11.6. The lowest BCUT2D eigenvalue weighted by molar-refractivity contribution is 0.0957. The van der Waals surface area contributed by atoms with Crippen molar-refractivity contribution in [2.75, 3.05) is 24.7 Å². The van der Waals surface area contributed by atoms with Crippen LogP contribution >= 0.6 is 21.6 Å². The van der Waals surface area contributed by atoms with E-state index in [0.717, 1.165) is 24.5 Å². The van der Waals surface area contributed by atoms with Crippen molar-refractivity contribution >= 4 is 27.7 Å². The number of carbonyl (C=O) groups is 1. The Bertz CT molecular complexity index is 184. The average molecular weight is 235 g/mol. The van der Waals surface area contributed by atoms with Crippen molar-refractivity contribution in [2.24, 2.45) is 0 Å². The van der Waals surface area contributed by atoms with Crippen LogP contribution < -0.4 is 0 Å². The number of rotatable bonds is 3. The standard InChI is InChI=1S/C9H17NO2S2/c1-3-10(9(11)12-4-2)8-5-6-13-14-7-8/h8H,3-7H2,1-2H3. The van der Waals surface area contributed by atoms with Crippen molar-refractivity contribution in [3.63, 3.8) is 0 Å². The van der Waals surface area contributed by atoms with E-state index in [-0.39, 0.29) is 6.09 Å². The Balaban J connectivity index is 2.46. The molecule has 14 heavy (non-hydrogen) atoms. The van der Waals surface area contributed by atoms with Gasteiger partial charge in [0.15, 0.2) is 0 Å². The first kappa shape index (κ1) is 12.0. The van der Waals surface area contributed by atoms with Gasteiger partial charge in [-0.1, -0.05) is 21.6 Å². The van der Waals surface area contributed by atoms with Crippen LogP contribution in [0.4, 0.5) is 4.79 Å². The summed E-state index contributed by atoms with van der Waals surface area (Å²) in [6.45, 7) is 5.05. The number of carbonyl (C=O) groups excluding carboxylic acids is 1. The van der Waals surface area contributed by atoms with Crippen molar-refractivity contribution < 1.29 is 9.53 Å². The van der Waals surface area contributed by atoms with Crippen LogP contribution in [0.25, 0.3) is 0 Å². The molecule has 1 atom stereocenters. The van der Waals surface area contributed by atoms with Crippen LogP contribution in [0.5, 0.6) is 0 Å².